The van der Waals surface area contributed by atoms with E-state index in [0.29, 0.717) is 5.02 Å². The molecule has 0 aromatic heterocycles. The zero-order chi connectivity index (χ0) is 29.4. The van der Waals surface area contributed by atoms with Crippen LogP contribution in [0.15, 0.2) is 83.3 Å². The summed E-state index contributed by atoms with van der Waals surface area (Å²) in [5, 5.41) is 3.55. The largest absolute Gasteiger partial charge is 0.352 e. The number of carbonyl (C=O) groups excluding carboxylic acids is 2. The molecule has 1 atom stereocenters. The van der Waals surface area contributed by atoms with Gasteiger partial charge in [0.05, 0.1) is 11.9 Å². The number of anilines is 1. The minimum atomic E-state index is -3.85. The predicted octanol–water partition coefficient (Wildman–Crippen LogP) is 5.96. The van der Waals surface area contributed by atoms with Gasteiger partial charge in [-0.2, -0.15) is 0 Å². The fourth-order valence-corrected chi connectivity index (χ4v) is 6.42. The summed E-state index contributed by atoms with van der Waals surface area (Å²) in [4.78, 5) is 29.6. The minimum Gasteiger partial charge on any atom is -0.352 e. The lowest BCUT2D eigenvalue weighted by atomic mass is 9.94. The fourth-order valence-electron chi connectivity index (χ4n) is 5.13. The van der Waals surface area contributed by atoms with Crippen molar-refractivity contribution in [3.05, 3.63) is 99.5 Å². The second kappa shape index (κ2) is 14.3. The molecule has 0 heterocycles. The average molecular weight is 661 g/mol. The van der Waals surface area contributed by atoms with Crippen molar-refractivity contribution >= 4 is 55.1 Å². The number of hydrogen-bond donors (Lipinski definition) is 1. The van der Waals surface area contributed by atoms with Crippen LogP contribution in [-0.2, 0) is 32.6 Å². The van der Waals surface area contributed by atoms with Crippen molar-refractivity contribution < 1.29 is 18.0 Å². The molecule has 1 saturated carbocycles. The maximum absolute atomic E-state index is 14.2. The number of sulfonamides is 1. The average Bonchev–Trinajstić information content (AvgIpc) is 2.95. The van der Waals surface area contributed by atoms with Crippen LogP contribution in [0.5, 0.6) is 0 Å². The second-order valence-corrected chi connectivity index (χ2v) is 13.7. The van der Waals surface area contributed by atoms with Gasteiger partial charge in [0.25, 0.3) is 0 Å². The van der Waals surface area contributed by atoms with Crippen molar-refractivity contribution in [1.82, 2.24) is 10.2 Å². The Morgan fingerprint density at radius 2 is 1.63 bits per heavy atom. The van der Waals surface area contributed by atoms with Crippen LogP contribution in [0.4, 0.5) is 5.69 Å². The van der Waals surface area contributed by atoms with E-state index >= 15 is 0 Å². The standard InChI is InChI=1S/C31H35BrClN3O4S/c1-41(39,40)36(28-14-8-11-26(33)20-28)22-30(37)35(21-24-15-17-25(32)18-16-24)29(19-23-9-4-2-5-10-23)31(38)34-27-12-6-3-7-13-27/h2,4-5,8-11,14-18,20,27,29H,3,6-7,12-13,19,21-22H2,1H3,(H,34,38)/t29-/m1/s1. The summed E-state index contributed by atoms with van der Waals surface area (Å²) >= 11 is 9.61. The van der Waals surface area contributed by atoms with E-state index < -0.39 is 28.5 Å². The molecule has 41 heavy (non-hydrogen) atoms. The topological polar surface area (TPSA) is 86.8 Å². The highest BCUT2D eigenvalue weighted by Gasteiger charge is 2.34. The smallest absolute Gasteiger partial charge is 0.244 e. The van der Waals surface area contributed by atoms with E-state index in [2.05, 4.69) is 21.2 Å². The van der Waals surface area contributed by atoms with E-state index in [4.69, 9.17) is 11.6 Å². The van der Waals surface area contributed by atoms with Crippen LogP contribution in [0.1, 0.15) is 43.2 Å². The van der Waals surface area contributed by atoms with Gasteiger partial charge in [0.2, 0.25) is 21.8 Å². The maximum atomic E-state index is 14.2. The van der Waals surface area contributed by atoms with Gasteiger partial charge in [-0.1, -0.05) is 95.3 Å². The summed E-state index contributed by atoms with van der Waals surface area (Å²) in [5.41, 5.74) is 2.00. The van der Waals surface area contributed by atoms with Gasteiger partial charge >= 0.3 is 0 Å². The molecule has 3 aromatic carbocycles. The van der Waals surface area contributed by atoms with Crippen molar-refractivity contribution in [1.29, 1.82) is 0 Å². The Bertz CT molecular complexity index is 1430. The Morgan fingerprint density at radius 3 is 2.27 bits per heavy atom. The molecule has 0 radical (unpaired) electrons. The Hall–Kier alpha value is -2.88. The van der Waals surface area contributed by atoms with Gasteiger partial charge < -0.3 is 10.2 Å². The molecule has 1 aliphatic carbocycles. The monoisotopic (exact) mass is 659 g/mol. The first kappa shape index (κ1) is 31.1. The van der Waals surface area contributed by atoms with Crippen LogP contribution < -0.4 is 9.62 Å². The number of nitrogens with zero attached hydrogens (tertiary/aromatic N) is 2. The van der Waals surface area contributed by atoms with E-state index in [1.165, 1.54) is 11.0 Å². The molecule has 1 fully saturated rings. The quantitative estimate of drug-likeness (QED) is 0.275. The lowest BCUT2D eigenvalue weighted by molar-refractivity contribution is -0.140. The highest BCUT2D eigenvalue weighted by molar-refractivity contribution is 9.10. The minimum absolute atomic E-state index is 0.0538. The molecule has 1 aliphatic rings. The lowest BCUT2D eigenvalue weighted by Crippen LogP contribution is -2.55. The summed E-state index contributed by atoms with van der Waals surface area (Å²) < 4.78 is 27.7. The summed E-state index contributed by atoms with van der Waals surface area (Å²) in [6, 6.07) is 22.7. The lowest BCUT2D eigenvalue weighted by Gasteiger charge is -2.35. The summed E-state index contributed by atoms with van der Waals surface area (Å²) in [6.45, 7) is -0.341. The highest BCUT2D eigenvalue weighted by atomic mass is 79.9. The van der Waals surface area contributed by atoms with Crippen molar-refractivity contribution in [2.45, 2.75) is 57.2 Å². The first-order chi connectivity index (χ1) is 19.6. The summed E-state index contributed by atoms with van der Waals surface area (Å²) in [5.74, 6) is -0.724. The van der Waals surface area contributed by atoms with E-state index in [0.717, 1.165) is 58.3 Å². The third-order valence-corrected chi connectivity index (χ3v) is 9.17. The van der Waals surface area contributed by atoms with Crippen LogP contribution in [0.2, 0.25) is 5.02 Å². The van der Waals surface area contributed by atoms with Gasteiger partial charge in [0, 0.05) is 28.5 Å². The van der Waals surface area contributed by atoms with Crippen molar-refractivity contribution in [3.63, 3.8) is 0 Å². The summed E-state index contributed by atoms with van der Waals surface area (Å²) in [7, 11) is -3.85. The van der Waals surface area contributed by atoms with Crippen molar-refractivity contribution in [3.8, 4) is 0 Å². The van der Waals surface area contributed by atoms with Crippen LogP contribution in [0, 0.1) is 0 Å². The van der Waals surface area contributed by atoms with E-state index in [9.17, 15) is 18.0 Å². The van der Waals surface area contributed by atoms with Gasteiger partial charge in [-0.25, -0.2) is 8.42 Å². The third-order valence-electron chi connectivity index (χ3n) is 7.26. The molecule has 4 rings (SSSR count). The normalized spacial score (nSPS) is 14.7. The zero-order valence-electron chi connectivity index (χ0n) is 23.0. The van der Waals surface area contributed by atoms with Gasteiger partial charge in [-0.3, -0.25) is 13.9 Å². The van der Waals surface area contributed by atoms with Gasteiger partial charge in [-0.05, 0) is 54.3 Å². The fraction of sp³-hybridized carbons (Fsp3) is 0.355. The van der Waals surface area contributed by atoms with Gasteiger partial charge in [0.1, 0.15) is 12.6 Å². The molecule has 0 spiro atoms. The SMILES string of the molecule is CS(=O)(=O)N(CC(=O)N(Cc1ccc(Br)cc1)[C@H](Cc1ccccc1)C(=O)NC1CCCCC1)c1cccc(Cl)c1. The molecule has 0 saturated heterocycles. The Balaban J connectivity index is 1.71. The molecular weight excluding hydrogens is 626 g/mol. The van der Waals surface area contributed by atoms with Crippen LogP contribution in [-0.4, -0.2) is 50.0 Å². The third kappa shape index (κ3) is 9.05. The molecule has 2 amide bonds. The Morgan fingerprint density at radius 1 is 0.951 bits per heavy atom. The number of rotatable bonds is 11. The molecular formula is C31H35BrClN3O4S. The molecule has 7 nitrogen and oxygen atoms in total. The van der Waals surface area contributed by atoms with E-state index in [1.54, 1.807) is 18.2 Å². The molecule has 0 unspecified atom stereocenters. The highest BCUT2D eigenvalue weighted by Crippen LogP contribution is 2.24. The molecule has 0 aliphatic heterocycles. The Kier molecular flexibility index (Phi) is 10.9. The number of benzene rings is 3. The maximum Gasteiger partial charge on any atom is 0.244 e. The number of amides is 2. The molecule has 10 heteroatoms. The van der Waals surface area contributed by atoms with Crippen LogP contribution in [0.25, 0.3) is 0 Å². The zero-order valence-corrected chi connectivity index (χ0v) is 26.2. The van der Waals surface area contributed by atoms with Crippen molar-refractivity contribution in [2.24, 2.45) is 0 Å². The number of hydrogen-bond acceptors (Lipinski definition) is 4. The summed E-state index contributed by atoms with van der Waals surface area (Å²) in [6.07, 6.45) is 6.41. The molecule has 1 N–H and O–H groups in total. The Labute approximate surface area is 256 Å². The second-order valence-electron chi connectivity index (χ2n) is 10.4. The molecule has 0 bridgehead atoms. The van der Waals surface area contributed by atoms with Crippen LogP contribution >= 0.6 is 27.5 Å². The van der Waals surface area contributed by atoms with Crippen LogP contribution in [0.3, 0.4) is 0 Å². The first-order valence-corrected chi connectivity index (χ1v) is 16.7. The van der Waals surface area contributed by atoms with E-state index in [1.807, 2.05) is 54.6 Å². The number of halogens is 2. The first-order valence-electron chi connectivity index (χ1n) is 13.7. The molecule has 3 aromatic rings. The number of nitrogens with one attached hydrogen (secondary N) is 1. The number of carbonyl (C=O) groups is 2. The van der Waals surface area contributed by atoms with Gasteiger partial charge in [-0.15, -0.1) is 0 Å². The predicted molar refractivity (Wildman–Crippen MR) is 167 cm³/mol. The van der Waals surface area contributed by atoms with Gasteiger partial charge in [0.15, 0.2) is 0 Å². The van der Waals surface area contributed by atoms with Crippen molar-refractivity contribution in [2.75, 3.05) is 17.1 Å². The van der Waals surface area contributed by atoms with E-state index in [-0.39, 0.29) is 30.6 Å². The molecule has 218 valence electrons.